The zero-order valence-electron chi connectivity index (χ0n) is 15.3. The third kappa shape index (κ3) is 11.3. The molecule has 11 nitrogen and oxygen atoms in total. The van der Waals surface area contributed by atoms with E-state index in [4.69, 9.17) is 22.9 Å². The summed E-state index contributed by atoms with van der Waals surface area (Å²) in [6.45, 7) is 0.752. The molecular formula is C15H31N7O4S. The van der Waals surface area contributed by atoms with Crippen molar-refractivity contribution in [1.29, 1.82) is 0 Å². The average Bonchev–Trinajstić information content (AvgIpc) is 2.61. The molecule has 0 heterocycles. The number of aliphatic carboxylic acids is 1. The Bertz CT molecular complexity index is 514. The molecule has 0 aliphatic rings. The van der Waals surface area contributed by atoms with Gasteiger partial charge in [0.2, 0.25) is 11.8 Å². The van der Waals surface area contributed by atoms with Gasteiger partial charge in [-0.15, -0.1) is 0 Å². The number of aliphatic imine (C=N–C) groups is 1. The van der Waals surface area contributed by atoms with Gasteiger partial charge in [-0.05, 0) is 32.2 Å². The molecule has 0 aromatic carbocycles. The lowest BCUT2D eigenvalue weighted by atomic mass is 10.1. The summed E-state index contributed by atoms with van der Waals surface area (Å²) >= 11 is 4.04. The first-order valence-electron chi connectivity index (χ1n) is 8.68. The maximum Gasteiger partial charge on any atom is 0.326 e. The van der Waals surface area contributed by atoms with E-state index in [9.17, 15) is 19.5 Å². The van der Waals surface area contributed by atoms with Crippen molar-refractivity contribution < 1.29 is 19.5 Å². The molecule has 0 spiro atoms. The molecule has 0 aromatic heterocycles. The predicted octanol–water partition coefficient (Wildman–Crippen LogP) is -2.52. The van der Waals surface area contributed by atoms with Gasteiger partial charge in [0, 0.05) is 12.3 Å². The zero-order valence-corrected chi connectivity index (χ0v) is 16.2. The number of hydrogen-bond acceptors (Lipinski definition) is 7. The summed E-state index contributed by atoms with van der Waals surface area (Å²) in [6.07, 6.45) is 2.37. The minimum atomic E-state index is -1.20. The fourth-order valence-corrected chi connectivity index (χ4v) is 2.40. The molecule has 0 radical (unpaired) electrons. The minimum Gasteiger partial charge on any atom is -0.480 e. The van der Waals surface area contributed by atoms with Crippen LogP contribution in [0.1, 0.15) is 32.1 Å². The topological polar surface area (TPSA) is 212 Å². The van der Waals surface area contributed by atoms with E-state index < -0.39 is 35.9 Å². The highest BCUT2D eigenvalue weighted by Crippen LogP contribution is 2.02. The lowest BCUT2D eigenvalue weighted by Gasteiger charge is -2.21. The molecule has 3 atom stereocenters. The fraction of sp³-hybridized carbons (Fsp3) is 0.733. The lowest BCUT2D eigenvalue weighted by Crippen LogP contribution is -2.55. The molecule has 0 fully saturated rings. The summed E-state index contributed by atoms with van der Waals surface area (Å²) in [5, 5.41) is 14.1. The van der Waals surface area contributed by atoms with E-state index in [2.05, 4.69) is 28.3 Å². The standard InChI is InChI=1S/C15H31N7O4S/c16-6-2-1-4-9(17)12(23)22-11(8-27)13(24)21-10(14(25)26)5-3-7-20-15(18)19/h9-11,27H,1-8,16-17H2,(H,21,24)(H,22,23)(H,25,26)(H4,18,19,20). The van der Waals surface area contributed by atoms with Crippen molar-refractivity contribution in [1.82, 2.24) is 10.6 Å². The van der Waals surface area contributed by atoms with Gasteiger partial charge in [0.1, 0.15) is 12.1 Å². The number of nitrogens with two attached hydrogens (primary N) is 4. The van der Waals surface area contributed by atoms with E-state index >= 15 is 0 Å². The van der Waals surface area contributed by atoms with Crippen LogP contribution in [0.3, 0.4) is 0 Å². The van der Waals surface area contributed by atoms with Crippen LogP contribution >= 0.6 is 12.6 Å². The van der Waals surface area contributed by atoms with Crippen LogP contribution in [-0.4, -0.2) is 65.8 Å². The van der Waals surface area contributed by atoms with Crippen LogP contribution in [0, 0.1) is 0 Å². The quantitative estimate of drug-likeness (QED) is 0.0666. The van der Waals surface area contributed by atoms with Gasteiger partial charge in [-0.1, -0.05) is 6.42 Å². The predicted molar refractivity (Wildman–Crippen MR) is 106 cm³/mol. The molecule has 11 N–H and O–H groups in total. The first-order valence-corrected chi connectivity index (χ1v) is 9.31. The first-order chi connectivity index (χ1) is 12.7. The number of rotatable bonds is 14. The van der Waals surface area contributed by atoms with Gasteiger partial charge in [0.25, 0.3) is 0 Å². The maximum absolute atomic E-state index is 12.3. The molecule has 0 aliphatic carbocycles. The molecule has 2 amide bonds. The van der Waals surface area contributed by atoms with Crippen molar-refractivity contribution >= 4 is 36.4 Å². The Morgan fingerprint density at radius 2 is 1.63 bits per heavy atom. The van der Waals surface area contributed by atoms with Gasteiger partial charge < -0.3 is 38.7 Å². The van der Waals surface area contributed by atoms with E-state index in [0.29, 0.717) is 25.8 Å². The third-order valence-electron chi connectivity index (χ3n) is 3.68. The number of carbonyl (C=O) groups excluding carboxylic acids is 2. The molecule has 3 unspecified atom stereocenters. The lowest BCUT2D eigenvalue weighted by molar-refractivity contribution is -0.142. The van der Waals surface area contributed by atoms with Gasteiger partial charge in [-0.3, -0.25) is 14.6 Å². The van der Waals surface area contributed by atoms with Crippen molar-refractivity contribution in [3.05, 3.63) is 0 Å². The highest BCUT2D eigenvalue weighted by atomic mass is 32.1. The van der Waals surface area contributed by atoms with Gasteiger partial charge >= 0.3 is 5.97 Å². The Morgan fingerprint density at radius 1 is 1.00 bits per heavy atom. The van der Waals surface area contributed by atoms with Crippen molar-refractivity contribution in [2.75, 3.05) is 18.8 Å². The summed E-state index contributed by atoms with van der Waals surface area (Å²) < 4.78 is 0. The largest absolute Gasteiger partial charge is 0.480 e. The number of unbranched alkanes of at least 4 members (excludes halogenated alkanes) is 1. The van der Waals surface area contributed by atoms with Crippen LogP contribution in [0.15, 0.2) is 4.99 Å². The number of carboxylic acid groups (broad SMARTS) is 1. The normalized spacial score (nSPS) is 13.9. The summed E-state index contributed by atoms with van der Waals surface area (Å²) in [6, 6.07) is -2.91. The molecule has 0 bridgehead atoms. The molecule has 0 aromatic rings. The number of hydrogen-bond donors (Lipinski definition) is 8. The van der Waals surface area contributed by atoms with E-state index in [1.807, 2.05) is 0 Å². The zero-order chi connectivity index (χ0) is 20.8. The van der Waals surface area contributed by atoms with Crippen molar-refractivity contribution in [3.63, 3.8) is 0 Å². The van der Waals surface area contributed by atoms with Crippen molar-refractivity contribution in [2.24, 2.45) is 27.9 Å². The van der Waals surface area contributed by atoms with Crippen LogP contribution in [-0.2, 0) is 14.4 Å². The first kappa shape index (κ1) is 24.9. The minimum absolute atomic E-state index is 0.00652. The Balaban J connectivity index is 4.62. The van der Waals surface area contributed by atoms with Crippen molar-refractivity contribution in [2.45, 2.75) is 50.2 Å². The number of nitrogens with one attached hydrogen (secondary N) is 2. The number of carbonyl (C=O) groups is 3. The van der Waals surface area contributed by atoms with Crippen LogP contribution in [0.4, 0.5) is 0 Å². The number of carboxylic acids is 1. The molecule has 27 heavy (non-hydrogen) atoms. The summed E-state index contributed by atoms with van der Waals surface area (Å²) in [5.41, 5.74) is 21.6. The second kappa shape index (κ2) is 14.1. The monoisotopic (exact) mass is 405 g/mol. The molecule has 0 saturated carbocycles. The Morgan fingerprint density at radius 3 is 2.15 bits per heavy atom. The van der Waals surface area contributed by atoms with Crippen LogP contribution < -0.4 is 33.6 Å². The van der Waals surface area contributed by atoms with Crippen molar-refractivity contribution in [3.8, 4) is 0 Å². The van der Waals surface area contributed by atoms with E-state index in [-0.39, 0.29) is 24.7 Å². The van der Waals surface area contributed by atoms with E-state index in [1.54, 1.807) is 0 Å². The summed E-state index contributed by atoms with van der Waals surface area (Å²) in [7, 11) is 0. The number of thiol groups is 1. The van der Waals surface area contributed by atoms with Crippen LogP contribution in [0.25, 0.3) is 0 Å². The molecular weight excluding hydrogens is 374 g/mol. The highest BCUT2D eigenvalue weighted by Gasteiger charge is 2.26. The number of guanidine groups is 1. The van der Waals surface area contributed by atoms with E-state index in [0.717, 1.165) is 6.42 Å². The van der Waals surface area contributed by atoms with Crippen LogP contribution in [0.2, 0.25) is 0 Å². The smallest absolute Gasteiger partial charge is 0.326 e. The second-order valence-electron chi connectivity index (χ2n) is 5.98. The highest BCUT2D eigenvalue weighted by molar-refractivity contribution is 7.80. The van der Waals surface area contributed by atoms with Gasteiger partial charge in [-0.2, -0.15) is 12.6 Å². The molecule has 156 valence electrons. The van der Waals surface area contributed by atoms with E-state index in [1.165, 1.54) is 0 Å². The third-order valence-corrected chi connectivity index (χ3v) is 4.05. The average molecular weight is 406 g/mol. The molecule has 0 saturated heterocycles. The molecule has 0 rings (SSSR count). The van der Waals surface area contributed by atoms with Gasteiger partial charge in [-0.25, -0.2) is 4.79 Å². The summed E-state index contributed by atoms with van der Waals surface area (Å²) in [5.74, 6) is -2.45. The Hall–Kier alpha value is -2.05. The molecule has 12 heteroatoms. The van der Waals surface area contributed by atoms with Gasteiger partial charge in [0.15, 0.2) is 5.96 Å². The number of nitrogens with zero attached hydrogens (tertiary/aromatic N) is 1. The van der Waals surface area contributed by atoms with Crippen LogP contribution in [0.5, 0.6) is 0 Å². The Kier molecular flexibility index (Phi) is 13.0. The SMILES string of the molecule is NCCCCC(N)C(=O)NC(CS)C(=O)NC(CCCN=C(N)N)C(=O)O. The summed E-state index contributed by atoms with van der Waals surface area (Å²) in [4.78, 5) is 39.4. The van der Waals surface area contributed by atoms with Gasteiger partial charge in [0.05, 0.1) is 6.04 Å². The Labute approximate surface area is 164 Å². The number of amides is 2. The maximum atomic E-state index is 12.3. The molecule has 0 aliphatic heterocycles. The fourth-order valence-electron chi connectivity index (χ4n) is 2.15. The second-order valence-corrected chi connectivity index (χ2v) is 6.35.